The van der Waals surface area contributed by atoms with Gasteiger partial charge in [0.2, 0.25) is 0 Å². The quantitative estimate of drug-likeness (QED) is 0.651. The van der Waals surface area contributed by atoms with Gasteiger partial charge in [0.1, 0.15) is 0 Å². The summed E-state index contributed by atoms with van der Waals surface area (Å²) < 4.78 is 0. The molecule has 14 heavy (non-hydrogen) atoms. The molecular formula is C10H11BN2O. The first-order chi connectivity index (χ1) is 6.59. The summed E-state index contributed by atoms with van der Waals surface area (Å²) in [6.07, 6.45) is 1.79. The third-order valence-corrected chi connectivity index (χ3v) is 2.41. The zero-order valence-electron chi connectivity index (χ0n) is 8.29. The molecule has 1 aliphatic rings. The third kappa shape index (κ3) is 1.27. The van der Waals surface area contributed by atoms with Gasteiger partial charge in [-0.15, -0.1) is 0 Å². The molecule has 0 fully saturated rings. The first kappa shape index (κ1) is 9.12. The molecule has 70 valence electrons. The van der Waals surface area contributed by atoms with Crippen molar-refractivity contribution in [2.24, 2.45) is 0 Å². The monoisotopic (exact) mass is 186 g/mol. The fourth-order valence-corrected chi connectivity index (χ4v) is 1.43. The van der Waals surface area contributed by atoms with Crippen LogP contribution < -0.4 is 5.32 Å². The van der Waals surface area contributed by atoms with Gasteiger partial charge in [-0.25, -0.2) is 0 Å². The zero-order chi connectivity index (χ0) is 10.3. The number of hydrogen-bond donors (Lipinski definition) is 1. The van der Waals surface area contributed by atoms with Gasteiger partial charge in [-0.05, 0) is 0 Å². The van der Waals surface area contributed by atoms with Crippen molar-refractivity contribution in [2.75, 3.05) is 5.32 Å². The molecule has 4 heteroatoms. The van der Waals surface area contributed by atoms with Crippen LogP contribution in [0.25, 0.3) is 0 Å². The summed E-state index contributed by atoms with van der Waals surface area (Å²) in [6, 6.07) is 1.98. The molecule has 0 bridgehead atoms. The molecule has 1 aromatic heterocycles. The van der Waals surface area contributed by atoms with Crippen molar-refractivity contribution in [3.63, 3.8) is 0 Å². The molecule has 1 aliphatic heterocycles. The van der Waals surface area contributed by atoms with Crippen LogP contribution in [0.3, 0.4) is 0 Å². The number of amides is 1. The van der Waals surface area contributed by atoms with E-state index in [1.807, 2.05) is 6.07 Å². The average Bonchev–Trinajstić information content (AvgIpc) is 2.43. The van der Waals surface area contributed by atoms with E-state index in [0.29, 0.717) is 17.2 Å². The summed E-state index contributed by atoms with van der Waals surface area (Å²) in [5, 5.41) is 2.66. The third-order valence-electron chi connectivity index (χ3n) is 2.41. The molecule has 0 spiro atoms. The molecule has 0 radical (unpaired) electrons. The topological polar surface area (TPSA) is 42.0 Å². The van der Waals surface area contributed by atoms with E-state index in [-0.39, 0.29) is 5.91 Å². The maximum absolute atomic E-state index is 11.3. The Hall–Kier alpha value is -1.45. The van der Waals surface area contributed by atoms with E-state index in [2.05, 4.69) is 31.6 Å². The van der Waals surface area contributed by atoms with Gasteiger partial charge < -0.3 is 0 Å². The van der Waals surface area contributed by atoms with Crippen molar-refractivity contribution in [3.8, 4) is 0 Å². The maximum atomic E-state index is 11.3. The molecule has 2 rings (SSSR count). The predicted molar refractivity (Wildman–Crippen MR) is 58.2 cm³/mol. The van der Waals surface area contributed by atoms with Crippen LogP contribution in [-0.2, 0) is 4.79 Å². The van der Waals surface area contributed by atoms with Crippen LogP contribution >= 0.6 is 0 Å². The van der Waals surface area contributed by atoms with Gasteiger partial charge >= 0.3 is 82.9 Å². The Labute approximate surface area is 83.6 Å². The number of hydrogen-bond acceptors (Lipinski definition) is 2. The van der Waals surface area contributed by atoms with Crippen molar-refractivity contribution in [2.45, 2.75) is 19.8 Å². The van der Waals surface area contributed by atoms with Crippen molar-refractivity contribution >= 4 is 24.7 Å². The Morgan fingerprint density at radius 2 is 2.21 bits per heavy atom. The summed E-state index contributed by atoms with van der Waals surface area (Å²) in [6.45, 7) is 4.19. The Kier molecular flexibility index (Phi) is 1.99. The first-order valence-electron chi connectivity index (χ1n) is 4.60. The van der Waals surface area contributed by atoms with E-state index in [1.165, 1.54) is 0 Å². The fourth-order valence-electron chi connectivity index (χ4n) is 1.43. The van der Waals surface area contributed by atoms with Crippen molar-refractivity contribution in [1.29, 1.82) is 0 Å². The van der Waals surface area contributed by atoms with Gasteiger partial charge in [0.15, 0.2) is 0 Å². The second-order valence-corrected chi connectivity index (χ2v) is 3.75. The number of nitrogens with zero attached hydrogens (tertiary/aromatic N) is 1. The van der Waals surface area contributed by atoms with Crippen molar-refractivity contribution in [3.05, 3.63) is 23.4 Å². The number of carbonyl (C=O) groups excluding carboxylic acids is 1. The number of nitrogens with one attached hydrogen (secondary N) is 1. The molecule has 0 unspecified atom stereocenters. The number of aromatic nitrogens is 1. The number of rotatable bonds is 1. The van der Waals surface area contributed by atoms with Gasteiger partial charge in [-0.2, -0.15) is 0 Å². The Balaban J connectivity index is 2.51. The Bertz CT molecular complexity index is 426. The van der Waals surface area contributed by atoms with E-state index in [4.69, 9.17) is 0 Å². The molecular weight excluding hydrogens is 175 g/mol. The van der Waals surface area contributed by atoms with Crippen LogP contribution in [0.1, 0.15) is 30.9 Å². The van der Waals surface area contributed by atoms with Crippen LogP contribution in [0.4, 0.5) is 5.82 Å². The van der Waals surface area contributed by atoms with Crippen molar-refractivity contribution < 1.29 is 4.79 Å². The summed E-state index contributed by atoms with van der Waals surface area (Å²) in [7, 11) is 3.72. The van der Waals surface area contributed by atoms with E-state index in [9.17, 15) is 4.79 Å². The van der Waals surface area contributed by atoms with Gasteiger partial charge in [-0.3, -0.25) is 0 Å². The van der Waals surface area contributed by atoms with E-state index in [0.717, 1.165) is 11.1 Å². The number of fused-ring (bicyclic) bond motifs is 1. The second-order valence-electron chi connectivity index (χ2n) is 3.75. The van der Waals surface area contributed by atoms with Crippen LogP contribution in [0, 0.1) is 0 Å². The molecule has 0 atom stereocenters. The standard InChI is InChI=1S/C10H11BN2O/c1-5(2)6-3-7-8(11)10(14)13-9(7)12-4-6/h3-5,11H,1-2H3,(H,12,13,14). The SMILES string of the molecule is B=C1C(=O)Nc2ncc(C(C)C)cc21. The van der Waals surface area contributed by atoms with E-state index < -0.39 is 0 Å². The molecule has 2 heterocycles. The Morgan fingerprint density at radius 3 is 2.86 bits per heavy atom. The van der Waals surface area contributed by atoms with Crippen molar-refractivity contribution in [1.82, 2.24) is 4.98 Å². The Morgan fingerprint density at radius 1 is 1.50 bits per heavy atom. The molecule has 1 aromatic rings. The molecule has 3 nitrogen and oxygen atoms in total. The van der Waals surface area contributed by atoms with Crippen LogP contribution in [0.2, 0.25) is 0 Å². The van der Waals surface area contributed by atoms with Crippen LogP contribution in [-0.4, -0.2) is 23.8 Å². The normalized spacial score (nSPS) is 14.4. The van der Waals surface area contributed by atoms with Crippen LogP contribution in [0.5, 0.6) is 0 Å². The van der Waals surface area contributed by atoms with Gasteiger partial charge in [0, 0.05) is 0 Å². The molecule has 0 aliphatic carbocycles. The zero-order valence-corrected chi connectivity index (χ0v) is 8.29. The van der Waals surface area contributed by atoms with E-state index in [1.54, 1.807) is 6.20 Å². The average molecular weight is 186 g/mol. The number of pyridine rings is 1. The summed E-state index contributed by atoms with van der Waals surface area (Å²) in [4.78, 5) is 15.5. The molecule has 0 saturated carbocycles. The summed E-state index contributed by atoms with van der Waals surface area (Å²) in [5.41, 5.74) is 2.47. The van der Waals surface area contributed by atoms with Crippen LogP contribution in [0.15, 0.2) is 12.3 Å². The molecule has 1 N–H and O–H groups in total. The van der Waals surface area contributed by atoms with E-state index >= 15 is 0 Å². The van der Waals surface area contributed by atoms with Gasteiger partial charge in [0.25, 0.3) is 0 Å². The second kappa shape index (κ2) is 3.05. The molecule has 1 amide bonds. The number of carbonyl (C=O) groups is 1. The molecule has 0 aromatic carbocycles. The number of anilines is 1. The first-order valence-corrected chi connectivity index (χ1v) is 4.60. The minimum atomic E-state index is -0.145. The fraction of sp³-hybridized carbons (Fsp3) is 0.300. The molecule has 0 saturated heterocycles. The minimum absolute atomic E-state index is 0.145. The van der Waals surface area contributed by atoms with Gasteiger partial charge in [-0.1, -0.05) is 0 Å². The summed E-state index contributed by atoms with van der Waals surface area (Å²) >= 11 is 0. The predicted octanol–water partition coefficient (Wildman–Crippen LogP) is 0.578. The summed E-state index contributed by atoms with van der Waals surface area (Å²) in [5.74, 6) is 0.897. The van der Waals surface area contributed by atoms with Gasteiger partial charge in [0.05, 0.1) is 0 Å².